The largest absolute Gasteiger partial charge is 0.398 e. The van der Waals surface area contributed by atoms with Crippen LogP contribution in [0.5, 0.6) is 0 Å². The van der Waals surface area contributed by atoms with Gasteiger partial charge in [-0.05, 0) is 43.2 Å². The van der Waals surface area contributed by atoms with Gasteiger partial charge in [-0.15, -0.1) is 10.2 Å². The molecule has 1 aromatic carbocycles. The lowest BCUT2D eigenvalue weighted by Gasteiger charge is -2.41. The molecule has 0 atom stereocenters. The van der Waals surface area contributed by atoms with Crippen molar-refractivity contribution in [1.82, 2.24) is 15.2 Å². The first-order valence-corrected chi connectivity index (χ1v) is 8.71. The smallest absolute Gasteiger partial charge is 0.148 e. The summed E-state index contributed by atoms with van der Waals surface area (Å²) in [6.45, 7) is 0.586. The highest BCUT2D eigenvalue weighted by Crippen LogP contribution is 2.43. The van der Waals surface area contributed by atoms with Gasteiger partial charge in [0.15, 0.2) is 0 Å². The lowest BCUT2D eigenvalue weighted by molar-refractivity contribution is 0.243. The van der Waals surface area contributed by atoms with Gasteiger partial charge in [0, 0.05) is 29.4 Å². The van der Waals surface area contributed by atoms with Gasteiger partial charge in [-0.3, -0.25) is 4.98 Å². The van der Waals surface area contributed by atoms with Gasteiger partial charge in [0.05, 0.1) is 11.4 Å². The zero-order chi connectivity index (χ0) is 18.0. The molecule has 132 valence electrons. The van der Waals surface area contributed by atoms with Crippen molar-refractivity contribution in [2.75, 3.05) is 17.6 Å². The third-order valence-electron chi connectivity index (χ3n) is 5.08. The number of para-hydroxylation sites is 1. The predicted octanol–water partition coefficient (Wildman–Crippen LogP) is 3.79. The average molecular weight is 349 g/mol. The summed E-state index contributed by atoms with van der Waals surface area (Å²) in [6, 6.07) is 14.4. The van der Waals surface area contributed by atoms with Crippen LogP contribution in [-0.4, -0.2) is 21.7 Å². The van der Waals surface area contributed by atoms with Crippen molar-refractivity contribution in [2.45, 2.75) is 24.7 Å². The number of halogens is 1. The number of nitrogens with two attached hydrogens (primary N) is 1. The number of pyridine rings is 1. The summed E-state index contributed by atoms with van der Waals surface area (Å²) in [4.78, 5) is 4.28. The van der Waals surface area contributed by atoms with Crippen LogP contribution in [-0.2, 0) is 5.41 Å². The number of nitrogens with zero attached hydrogens (tertiary/aromatic N) is 3. The fourth-order valence-corrected chi connectivity index (χ4v) is 3.44. The molecule has 0 amide bonds. The Morgan fingerprint density at radius 3 is 2.54 bits per heavy atom. The van der Waals surface area contributed by atoms with Crippen molar-refractivity contribution in [3.05, 3.63) is 66.2 Å². The van der Waals surface area contributed by atoms with Crippen molar-refractivity contribution in [3.63, 3.8) is 0 Å². The summed E-state index contributed by atoms with van der Waals surface area (Å²) >= 11 is 0. The molecule has 3 N–H and O–H groups in total. The second kappa shape index (κ2) is 6.71. The van der Waals surface area contributed by atoms with E-state index in [0.29, 0.717) is 23.7 Å². The molecule has 1 saturated carbocycles. The Labute approximate surface area is 151 Å². The molecule has 0 saturated heterocycles. The molecule has 0 aliphatic heterocycles. The Hall–Kier alpha value is -3.02. The lowest BCUT2D eigenvalue weighted by atomic mass is 9.66. The quantitative estimate of drug-likeness (QED) is 0.685. The monoisotopic (exact) mass is 349 g/mol. The van der Waals surface area contributed by atoms with Gasteiger partial charge in [0.25, 0.3) is 0 Å². The number of hydrogen-bond acceptors (Lipinski definition) is 5. The van der Waals surface area contributed by atoms with Gasteiger partial charge < -0.3 is 11.1 Å². The van der Waals surface area contributed by atoms with Crippen molar-refractivity contribution < 1.29 is 4.39 Å². The lowest BCUT2D eigenvalue weighted by Crippen LogP contribution is -2.42. The molecule has 1 fully saturated rings. The van der Waals surface area contributed by atoms with E-state index >= 15 is 0 Å². The van der Waals surface area contributed by atoms with Crippen molar-refractivity contribution in [1.29, 1.82) is 0 Å². The third kappa shape index (κ3) is 2.98. The van der Waals surface area contributed by atoms with E-state index in [1.165, 1.54) is 6.07 Å². The van der Waals surface area contributed by atoms with Gasteiger partial charge in [-0.1, -0.05) is 24.6 Å². The minimum Gasteiger partial charge on any atom is -0.398 e. The van der Waals surface area contributed by atoms with Crippen LogP contribution in [0.25, 0.3) is 11.3 Å². The summed E-state index contributed by atoms with van der Waals surface area (Å²) in [6.07, 6.45) is 4.56. The summed E-state index contributed by atoms with van der Waals surface area (Å²) in [5, 5.41) is 11.8. The third-order valence-corrected chi connectivity index (χ3v) is 5.08. The van der Waals surface area contributed by atoms with Gasteiger partial charge in [-0.2, -0.15) is 0 Å². The molecule has 6 heteroatoms. The highest BCUT2D eigenvalue weighted by molar-refractivity contribution is 5.73. The molecule has 0 unspecified atom stereocenters. The molecule has 4 rings (SSSR count). The van der Waals surface area contributed by atoms with E-state index in [1.54, 1.807) is 12.3 Å². The topological polar surface area (TPSA) is 76.7 Å². The molecule has 2 heterocycles. The van der Waals surface area contributed by atoms with Crippen LogP contribution in [0.1, 0.15) is 25.0 Å². The predicted molar refractivity (Wildman–Crippen MR) is 100 cm³/mol. The molecule has 0 bridgehead atoms. The SMILES string of the molecule is Nc1ccccc1-c1ccc(NCC2(c3ncccc3F)CCC2)nn1. The van der Waals surface area contributed by atoms with E-state index in [-0.39, 0.29) is 11.2 Å². The number of anilines is 2. The number of aromatic nitrogens is 3. The van der Waals surface area contributed by atoms with Crippen molar-refractivity contribution in [3.8, 4) is 11.3 Å². The van der Waals surface area contributed by atoms with Crippen LogP contribution in [0.15, 0.2) is 54.7 Å². The van der Waals surface area contributed by atoms with E-state index in [0.717, 1.165) is 30.5 Å². The number of rotatable bonds is 5. The van der Waals surface area contributed by atoms with Crippen molar-refractivity contribution in [2.24, 2.45) is 0 Å². The van der Waals surface area contributed by atoms with Crippen LogP contribution in [0.2, 0.25) is 0 Å². The molecule has 0 radical (unpaired) electrons. The van der Waals surface area contributed by atoms with Gasteiger partial charge >= 0.3 is 0 Å². The second-order valence-corrected chi connectivity index (χ2v) is 6.71. The highest BCUT2D eigenvalue weighted by Gasteiger charge is 2.41. The Kier molecular flexibility index (Phi) is 4.24. The fourth-order valence-electron chi connectivity index (χ4n) is 3.44. The Bertz CT molecular complexity index is 906. The maximum atomic E-state index is 14.2. The van der Waals surface area contributed by atoms with Crippen molar-refractivity contribution >= 4 is 11.5 Å². The first-order valence-electron chi connectivity index (χ1n) is 8.71. The van der Waals surface area contributed by atoms with Gasteiger partial charge in [0.1, 0.15) is 11.6 Å². The number of benzene rings is 1. The van der Waals surface area contributed by atoms with E-state index in [1.807, 2.05) is 36.4 Å². The second-order valence-electron chi connectivity index (χ2n) is 6.71. The minimum absolute atomic E-state index is 0.241. The molecule has 1 aliphatic rings. The molecule has 2 aromatic heterocycles. The summed E-state index contributed by atoms with van der Waals surface area (Å²) in [5.74, 6) is 0.417. The van der Waals surface area contributed by atoms with Crippen LogP contribution in [0.3, 0.4) is 0 Å². The Balaban J connectivity index is 1.50. The van der Waals surface area contributed by atoms with Crippen LogP contribution in [0.4, 0.5) is 15.9 Å². The number of nitrogen functional groups attached to an aromatic ring is 1. The molecule has 1 aliphatic carbocycles. The molecule has 0 spiro atoms. The minimum atomic E-state index is -0.268. The highest BCUT2D eigenvalue weighted by atomic mass is 19.1. The Morgan fingerprint density at radius 2 is 1.88 bits per heavy atom. The van der Waals surface area contributed by atoms with Crippen LogP contribution < -0.4 is 11.1 Å². The maximum absolute atomic E-state index is 14.2. The normalized spacial score (nSPS) is 15.3. The van der Waals surface area contributed by atoms with Gasteiger partial charge in [0.2, 0.25) is 0 Å². The summed E-state index contributed by atoms with van der Waals surface area (Å²) in [7, 11) is 0. The van der Waals surface area contributed by atoms with E-state index in [9.17, 15) is 4.39 Å². The standard InChI is InChI=1S/C20H20FN5/c21-15-6-3-12-23-19(15)20(10-4-11-20)13-24-18-9-8-17(25-26-18)14-5-1-2-7-16(14)22/h1-3,5-9,12H,4,10-11,13,22H2,(H,24,26). The fraction of sp³-hybridized carbons (Fsp3) is 0.250. The zero-order valence-electron chi connectivity index (χ0n) is 14.3. The van der Waals surface area contributed by atoms with Crippen LogP contribution in [0, 0.1) is 5.82 Å². The zero-order valence-corrected chi connectivity index (χ0v) is 14.3. The van der Waals surface area contributed by atoms with E-state index < -0.39 is 0 Å². The summed E-state index contributed by atoms with van der Waals surface area (Å²) < 4.78 is 14.2. The molecule has 3 aromatic rings. The number of hydrogen-bond donors (Lipinski definition) is 2. The molecule has 5 nitrogen and oxygen atoms in total. The Morgan fingerprint density at radius 1 is 1.04 bits per heavy atom. The van der Waals surface area contributed by atoms with Gasteiger partial charge in [-0.25, -0.2) is 4.39 Å². The van der Waals surface area contributed by atoms with Crippen LogP contribution >= 0.6 is 0 Å². The first-order chi connectivity index (χ1) is 12.7. The number of nitrogens with one attached hydrogen (secondary N) is 1. The molecule has 26 heavy (non-hydrogen) atoms. The molecular formula is C20H20FN5. The maximum Gasteiger partial charge on any atom is 0.148 e. The van der Waals surface area contributed by atoms with E-state index in [4.69, 9.17) is 5.73 Å². The molecular weight excluding hydrogens is 329 g/mol. The summed E-state index contributed by atoms with van der Waals surface area (Å²) in [5.41, 5.74) is 8.51. The first kappa shape index (κ1) is 16.4. The van der Waals surface area contributed by atoms with E-state index in [2.05, 4.69) is 20.5 Å². The average Bonchev–Trinajstić information content (AvgIpc) is 2.63.